The Morgan fingerprint density at radius 3 is 2.72 bits per heavy atom. The Morgan fingerprint density at radius 1 is 1.16 bits per heavy atom. The van der Waals surface area contributed by atoms with E-state index in [-0.39, 0.29) is 12.5 Å². The normalized spacial score (nSPS) is 11.2. The van der Waals surface area contributed by atoms with Crippen LogP contribution in [0.25, 0.3) is 11.3 Å². The molecule has 0 saturated carbocycles. The Balaban J connectivity index is 1.54. The third-order valence-corrected chi connectivity index (χ3v) is 4.77. The first-order chi connectivity index (χ1) is 15.6. The van der Waals surface area contributed by atoms with Gasteiger partial charge < -0.3 is 25.3 Å². The van der Waals surface area contributed by atoms with E-state index in [4.69, 9.17) is 4.74 Å². The number of aliphatic imine (C=N–C) groups is 1. The lowest BCUT2D eigenvalue weighted by Crippen LogP contribution is -2.38. The maximum atomic E-state index is 11.6. The van der Waals surface area contributed by atoms with Crippen LogP contribution in [0.15, 0.2) is 65.8 Å². The summed E-state index contributed by atoms with van der Waals surface area (Å²) in [6.45, 7) is 3.63. The van der Waals surface area contributed by atoms with Crippen molar-refractivity contribution in [2.24, 2.45) is 4.99 Å². The van der Waals surface area contributed by atoms with Gasteiger partial charge in [-0.1, -0.05) is 42.5 Å². The van der Waals surface area contributed by atoms with Gasteiger partial charge in [-0.3, -0.25) is 9.79 Å². The van der Waals surface area contributed by atoms with Crippen LogP contribution in [0.4, 0.5) is 0 Å². The van der Waals surface area contributed by atoms with Crippen molar-refractivity contribution in [3.8, 4) is 17.0 Å². The van der Waals surface area contributed by atoms with E-state index in [0.717, 1.165) is 28.6 Å². The summed E-state index contributed by atoms with van der Waals surface area (Å²) in [6.07, 6.45) is 1.85. The number of benzene rings is 2. The fraction of sp³-hybridized carbons (Fsp3) is 0.292. The van der Waals surface area contributed by atoms with Crippen LogP contribution >= 0.6 is 0 Å². The average molecular weight is 435 g/mol. The number of amides is 1. The highest BCUT2D eigenvalue weighted by Crippen LogP contribution is 2.17. The number of H-pyrrole nitrogens is 1. The first-order valence-electron chi connectivity index (χ1n) is 10.6. The Labute approximate surface area is 188 Å². The number of aromatic nitrogens is 2. The van der Waals surface area contributed by atoms with Crippen LogP contribution in [0.5, 0.6) is 5.75 Å². The lowest BCUT2D eigenvalue weighted by atomic mass is 10.2. The molecule has 3 rings (SSSR count). The minimum Gasteiger partial charge on any atom is -0.484 e. The van der Waals surface area contributed by atoms with E-state index in [1.807, 2.05) is 67.5 Å². The van der Waals surface area contributed by atoms with Gasteiger partial charge in [-0.15, -0.1) is 0 Å². The van der Waals surface area contributed by atoms with Gasteiger partial charge in [-0.25, -0.2) is 4.98 Å². The summed E-state index contributed by atoms with van der Waals surface area (Å²) in [5.74, 6) is 2.13. The summed E-state index contributed by atoms with van der Waals surface area (Å²) in [5, 5.41) is 6.07. The second-order valence-corrected chi connectivity index (χ2v) is 7.26. The number of carbonyl (C=O) groups is 1. The Bertz CT molecular complexity index is 1030. The molecule has 3 N–H and O–H groups in total. The number of ether oxygens (including phenoxy) is 1. The zero-order chi connectivity index (χ0) is 22.8. The standard InChI is InChI=1S/C24H30N6O2/c1-4-26-23(31)17-32-20-12-8-9-18(13-20)14-28-24(25-2)30(3)16-22-27-15-21(29-22)19-10-6-5-7-11-19/h5-13,15H,4,14,16-17H2,1-3H3,(H,25,28)(H,26,31)(H,27,29). The van der Waals surface area contributed by atoms with Crippen LogP contribution in [-0.4, -0.2) is 54.0 Å². The molecule has 168 valence electrons. The molecule has 1 aromatic heterocycles. The van der Waals surface area contributed by atoms with Crippen molar-refractivity contribution in [3.05, 3.63) is 72.2 Å². The monoisotopic (exact) mass is 434 g/mol. The molecule has 0 fully saturated rings. The third-order valence-electron chi connectivity index (χ3n) is 4.77. The van der Waals surface area contributed by atoms with E-state index in [1.54, 1.807) is 7.05 Å². The zero-order valence-corrected chi connectivity index (χ0v) is 18.8. The second kappa shape index (κ2) is 11.5. The van der Waals surface area contributed by atoms with Crippen molar-refractivity contribution >= 4 is 11.9 Å². The zero-order valence-electron chi connectivity index (χ0n) is 18.8. The minimum absolute atomic E-state index is 0.00322. The molecule has 2 aromatic carbocycles. The number of nitrogens with one attached hydrogen (secondary N) is 3. The summed E-state index contributed by atoms with van der Waals surface area (Å²) in [5.41, 5.74) is 3.12. The highest BCUT2D eigenvalue weighted by Gasteiger charge is 2.10. The van der Waals surface area contributed by atoms with Crippen LogP contribution < -0.4 is 15.4 Å². The Morgan fingerprint density at radius 2 is 1.97 bits per heavy atom. The number of hydrogen-bond donors (Lipinski definition) is 3. The first-order valence-corrected chi connectivity index (χ1v) is 10.6. The number of guanidine groups is 1. The van der Waals surface area contributed by atoms with Crippen LogP contribution in [0.2, 0.25) is 0 Å². The molecular weight excluding hydrogens is 404 g/mol. The quantitative estimate of drug-likeness (QED) is 0.356. The number of hydrogen-bond acceptors (Lipinski definition) is 4. The summed E-state index contributed by atoms with van der Waals surface area (Å²) in [7, 11) is 3.72. The van der Waals surface area contributed by atoms with E-state index in [0.29, 0.717) is 25.4 Å². The topological polar surface area (TPSA) is 94.6 Å². The van der Waals surface area contributed by atoms with Gasteiger partial charge in [0.15, 0.2) is 12.6 Å². The van der Waals surface area contributed by atoms with Crippen LogP contribution in [0.1, 0.15) is 18.3 Å². The summed E-state index contributed by atoms with van der Waals surface area (Å²) in [6, 6.07) is 17.8. The van der Waals surface area contributed by atoms with Crippen LogP contribution in [0.3, 0.4) is 0 Å². The number of carbonyl (C=O) groups excluding carboxylic acids is 1. The molecule has 0 unspecified atom stereocenters. The lowest BCUT2D eigenvalue weighted by molar-refractivity contribution is -0.122. The molecule has 0 aliphatic carbocycles. The summed E-state index contributed by atoms with van der Waals surface area (Å²) in [4.78, 5) is 25.8. The predicted octanol–water partition coefficient (Wildman–Crippen LogP) is 2.80. The molecule has 0 spiro atoms. The van der Waals surface area contributed by atoms with Gasteiger partial charge in [-0.05, 0) is 30.2 Å². The molecule has 0 bridgehead atoms. The molecule has 0 aliphatic heterocycles. The summed E-state index contributed by atoms with van der Waals surface area (Å²) < 4.78 is 5.57. The molecular formula is C24H30N6O2. The van der Waals surface area contributed by atoms with Gasteiger partial charge in [0.2, 0.25) is 0 Å². The maximum Gasteiger partial charge on any atom is 0.257 e. The molecule has 8 nitrogen and oxygen atoms in total. The third kappa shape index (κ3) is 6.60. The predicted molar refractivity (Wildman–Crippen MR) is 126 cm³/mol. The number of likely N-dealkylation sites (N-methyl/N-ethyl adjacent to an activating group) is 1. The van der Waals surface area contributed by atoms with Gasteiger partial charge in [0.1, 0.15) is 11.6 Å². The highest BCUT2D eigenvalue weighted by molar-refractivity contribution is 5.79. The van der Waals surface area contributed by atoms with E-state index in [2.05, 4.69) is 37.7 Å². The van der Waals surface area contributed by atoms with E-state index < -0.39 is 0 Å². The maximum absolute atomic E-state index is 11.6. The van der Waals surface area contributed by atoms with Crippen molar-refractivity contribution in [2.45, 2.75) is 20.0 Å². The summed E-state index contributed by atoms with van der Waals surface area (Å²) >= 11 is 0. The van der Waals surface area contributed by atoms with Crippen LogP contribution in [0, 0.1) is 0 Å². The SMILES string of the molecule is CCNC(=O)COc1cccc(CNC(=NC)N(C)Cc2ncc(-c3ccccc3)[nH]2)c1. The van der Waals surface area contributed by atoms with Gasteiger partial charge in [-0.2, -0.15) is 0 Å². The van der Waals surface area contributed by atoms with E-state index in [1.165, 1.54) is 0 Å². The van der Waals surface area contributed by atoms with Gasteiger partial charge in [0.05, 0.1) is 18.4 Å². The van der Waals surface area contributed by atoms with E-state index >= 15 is 0 Å². The van der Waals surface area contributed by atoms with Crippen LogP contribution in [-0.2, 0) is 17.9 Å². The fourth-order valence-electron chi connectivity index (χ4n) is 3.21. The molecule has 32 heavy (non-hydrogen) atoms. The Hall–Kier alpha value is -3.81. The Kier molecular flexibility index (Phi) is 8.25. The van der Waals surface area contributed by atoms with Crippen molar-refractivity contribution in [1.82, 2.24) is 25.5 Å². The van der Waals surface area contributed by atoms with Gasteiger partial charge in [0, 0.05) is 27.2 Å². The molecule has 3 aromatic rings. The van der Waals surface area contributed by atoms with Gasteiger partial charge in [0.25, 0.3) is 5.91 Å². The highest BCUT2D eigenvalue weighted by atomic mass is 16.5. The van der Waals surface area contributed by atoms with Gasteiger partial charge >= 0.3 is 0 Å². The van der Waals surface area contributed by atoms with E-state index in [9.17, 15) is 4.79 Å². The molecule has 1 amide bonds. The number of nitrogens with zero attached hydrogens (tertiary/aromatic N) is 3. The minimum atomic E-state index is -0.133. The first kappa shape index (κ1) is 22.9. The molecule has 0 atom stereocenters. The average Bonchev–Trinajstić information content (AvgIpc) is 3.28. The fourth-order valence-corrected chi connectivity index (χ4v) is 3.21. The number of rotatable bonds is 9. The number of aromatic amines is 1. The molecule has 8 heteroatoms. The molecule has 0 saturated heterocycles. The number of imidazole rings is 1. The van der Waals surface area contributed by atoms with Crippen molar-refractivity contribution in [2.75, 3.05) is 27.2 Å². The second-order valence-electron chi connectivity index (χ2n) is 7.26. The molecule has 0 aliphatic rings. The van der Waals surface area contributed by atoms with Crippen molar-refractivity contribution in [3.63, 3.8) is 0 Å². The van der Waals surface area contributed by atoms with Crippen molar-refractivity contribution < 1.29 is 9.53 Å². The smallest absolute Gasteiger partial charge is 0.257 e. The van der Waals surface area contributed by atoms with Crippen molar-refractivity contribution in [1.29, 1.82) is 0 Å². The largest absolute Gasteiger partial charge is 0.484 e. The molecule has 0 radical (unpaired) electrons. The lowest BCUT2D eigenvalue weighted by Gasteiger charge is -2.21. The molecule has 1 heterocycles.